The zero-order valence-corrected chi connectivity index (χ0v) is 17.3. The summed E-state index contributed by atoms with van der Waals surface area (Å²) in [5.74, 6) is -1.03. The highest BCUT2D eigenvalue weighted by molar-refractivity contribution is 8.01. The van der Waals surface area contributed by atoms with Crippen LogP contribution in [0.5, 0.6) is 0 Å². The number of rotatable bonds is 7. The largest absolute Gasteiger partial charge is 0.382 e. The van der Waals surface area contributed by atoms with Gasteiger partial charge < -0.3 is 5.11 Å². The molecule has 4 aromatic rings. The Labute approximate surface area is 179 Å². The summed E-state index contributed by atoms with van der Waals surface area (Å²) in [7, 11) is 0. The number of benzene rings is 1. The Morgan fingerprint density at radius 1 is 1.27 bits per heavy atom. The number of aliphatic hydroxyl groups is 1. The molecule has 30 heavy (non-hydrogen) atoms. The molecule has 3 aromatic heterocycles. The van der Waals surface area contributed by atoms with Crippen LogP contribution in [0, 0.1) is 11.6 Å². The molecule has 1 N–H and O–H groups in total. The van der Waals surface area contributed by atoms with Crippen LogP contribution in [0.3, 0.4) is 0 Å². The van der Waals surface area contributed by atoms with Gasteiger partial charge in [-0.2, -0.15) is 9.47 Å². The van der Waals surface area contributed by atoms with Gasteiger partial charge in [0.05, 0.1) is 6.54 Å². The number of pyridine rings is 1. The topological polar surface area (TPSA) is 89.6 Å². The zero-order valence-electron chi connectivity index (χ0n) is 15.7. The second-order valence-electron chi connectivity index (χ2n) is 6.53. The molecule has 2 atom stereocenters. The summed E-state index contributed by atoms with van der Waals surface area (Å²) in [6.45, 7) is 1.67. The lowest BCUT2D eigenvalue weighted by Crippen LogP contribution is -2.41. The van der Waals surface area contributed by atoms with Gasteiger partial charge in [-0.25, -0.2) is 23.4 Å². The normalized spacial score (nSPS) is 14.4. The Balaban J connectivity index is 1.64. The van der Waals surface area contributed by atoms with Crippen LogP contribution >= 0.6 is 23.3 Å². The van der Waals surface area contributed by atoms with Crippen LogP contribution in [0.25, 0.3) is 11.4 Å². The number of nitrogens with zero attached hydrogens (tertiary/aromatic N) is 6. The molecular weight excluding hydrogens is 430 g/mol. The van der Waals surface area contributed by atoms with Crippen LogP contribution in [0.15, 0.2) is 59.7 Å². The van der Waals surface area contributed by atoms with Gasteiger partial charge in [-0.1, -0.05) is 17.8 Å². The molecule has 1 aromatic carbocycles. The Morgan fingerprint density at radius 2 is 2.13 bits per heavy atom. The van der Waals surface area contributed by atoms with Gasteiger partial charge in [-0.3, -0.25) is 4.98 Å². The Hall–Kier alpha value is -2.76. The standard InChI is InChI=1S/C19H16F2N6OS2/c1-12(29-18-25-17(26-30-18)13-3-2-6-22-8-13)19(28,9-27-11-23-10-24-27)15-5-4-14(20)7-16(15)21/h2-8,10-12,28H,9H2,1H3/t12-,19-/m1/s1. The van der Waals surface area contributed by atoms with Gasteiger partial charge in [0, 0.05) is 34.8 Å². The van der Waals surface area contributed by atoms with Crippen LogP contribution in [0.4, 0.5) is 8.78 Å². The highest BCUT2D eigenvalue weighted by atomic mass is 32.2. The van der Waals surface area contributed by atoms with Gasteiger partial charge in [-0.15, -0.1) is 0 Å². The van der Waals surface area contributed by atoms with E-state index in [4.69, 9.17) is 0 Å². The van der Waals surface area contributed by atoms with E-state index in [0.717, 1.165) is 17.7 Å². The van der Waals surface area contributed by atoms with Crippen molar-refractivity contribution < 1.29 is 13.9 Å². The van der Waals surface area contributed by atoms with E-state index in [1.165, 1.54) is 46.7 Å². The van der Waals surface area contributed by atoms with Crippen molar-refractivity contribution in [3.8, 4) is 11.4 Å². The lowest BCUT2D eigenvalue weighted by atomic mass is 9.90. The molecule has 0 saturated heterocycles. The molecule has 4 rings (SSSR count). The fraction of sp³-hybridized carbons (Fsp3) is 0.211. The average molecular weight is 447 g/mol. The molecule has 0 spiro atoms. The third kappa shape index (κ3) is 4.23. The summed E-state index contributed by atoms with van der Waals surface area (Å²) in [5.41, 5.74) is -0.969. The lowest BCUT2D eigenvalue weighted by Gasteiger charge is -2.33. The third-order valence-electron chi connectivity index (χ3n) is 4.54. The molecule has 0 amide bonds. The van der Waals surface area contributed by atoms with Crippen molar-refractivity contribution in [1.29, 1.82) is 0 Å². The quantitative estimate of drug-likeness (QED) is 0.434. The maximum absolute atomic E-state index is 14.6. The van der Waals surface area contributed by atoms with Gasteiger partial charge in [0.25, 0.3) is 0 Å². The molecule has 7 nitrogen and oxygen atoms in total. The van der Waals surface area contributed by atoms with Gasteiger partial charge in [0.2, 0.25) is 0 Å². The van der Waals surface area contributed by atoms with Crippen LogP contribution in [0.1, 0.15) is 12.5 Å². The number of halogens is 2. The molecule has 0 fully saturated rings. The van der Waals surface area contributed by atoms with E-state index >= 15 is 0 Å². The van der Waals surface area contributed by atoms with E-state index < -0.39 is 22.5 Å². The predicted octanol–water partition coefficient (Wildman–Crippen LogP) is 3.54. The number of hydrogen-bond donors (Lipinski definition) is 1. The Kier molecular flexibility index (Phi) is 5.84. The van der Waals surface area contributed by atoms with Crippen molar-refractivity contribution >= 4 is 23.3 Å². The third-order valence-corrected chi connectivity index (χ3v) is 6.60. The lowest BCUT2D eigenvalue weighted by molar-refractivity contribution is 0.0133. The number of hydrogen-bond acceptors (Lipinski definition) is 8. The summed E-state index contributed by atoms with van der Waals surface area (Å²) in [6, 6.07) is 6.76. The van der Waals surface area contributed by atoms with Crippen molar-refractivity contribution in [2.45, 2.75) is 28.7 Å². The molecule has 0 radical (unpaired) electrons. The van der Waals surface area contributed by atoms with Gasteiger partial charge in [0.15, 0.2) is 10.2 Å². The zero-order chi connectivity index (χ0) is 21.1. The highest BCUT2D eigenvalue weighted by Gasteiger charge is 2.40. The van der Waals surface area contributed by atoms with Gasteiger partial charge in [0.1, 0.15) is 29.9 Å². The Bertz CT molecular complexity index is 1130. The van der Waals surface area contributed by atoms with Crippen molar-refractivity contribution in [2.24, 2.45) is 0 Å². The van der Waals surface area contributed by atoms with E-state index in [9.17, 15) is 13.9 Å². The number of aromatic nitrogens is 6. The second-order valence-corrected chi connectivity index (χ2v) is 8.87. The fourth-order valence-electron chi connectivity index (χ4n) is 2.95. The van der Waals surface area contributed by atoms with Gasteiger partial charge >= 0.3 is 0 Å². The first-order valence-electron chi connectivity index (χ1n) is 8.87. The summed E-state index contributed by atoms with van der Waals surface area (Å²) < 4.78 is 34.4. The van der Waals surface area contributed by atoms with E-state index in [0.29, 0.717) is 10.2 Å². The molecule has 0 aliphatic rings. The smallest absolute Gasteiger partial charge is 0.175 e. The first-order chi connectivity index (χ1) is 14.5. The Morgan fingerprint density at radius 3 is 2.83 bits per heavy atom. The van der Waals surface area contributed by atoms with Gasteiger partial charge in [-0.05, 0) is 36.7 Å². The van der Waals surface area contributed by atoms with Crippen LogP contribution in [-0.4, -0.2) is 39.5 Å². The van der Waals surface area contributed by atoms with Crippen LogP contribution in [-0.2, 0) is 12.1 Å². The minimum absolute atomic E-state index is 0.0311. The molecule has 0 aliphatic heterocycles. The summed E-state index contributed by atoms with van der Waals surface area (Å²) in [5, 5.41) is 15.0. The molecule has 0 unspecified atom stereocenters. The molecule has 0 aliphatic carbocycles. The molecular formula is C19H16F2N6OS2. The first-order valence-corrected chi connectivity index (χ1v) is 10.5. The summed E-state index contributed by atoms with van der Waals surface area (Å²) in [6.07, 6.45) is 6.07. The van der Waals surface area contributed by atoms with E-state index in [1.54, 1.807) is 25.4 Å². The molecule has 11 heteroatoms. The number of thioether (sulfide) groups is 1. The molecule has 3 heterocycles. The van der Waals surface area contributed by atoms with Crippen molar-refractivity contribution in [2.75, 3.05) is 0 Å². The van der Waals surface area contributed by atoms with E-state index in [-0.39, 0.29) is 12.1 Å². The summed E-state index contributed by atoms with van der Waals surface area (Å²) >= 11 is 2.42. The predicted molar refractivity (Wildman–Crippen MR) is 109 cm³/mol. The SMILES string of the molecule is C[C@@H](Sc1nc(-c2cccnc2)ns1)[C@](O)(Cn1cncn1)c1ccc(F)cc1F. The fourth-order valence-corrected chi connectivity index (χ4v) is 4.95. The minimum Gasteiger partial charge on any atom is -0.382 e. The van der Waals surface area contributed by atoms with E-state index in [2.05, 4.69) is 24.4 Å². The average Bonchev–Trinajstić information content (AvgIpc) is 3.40. The minimum atomic E-state index is -1.71. The molecule has 0 bridgehead atoms. The molecule has 0 saturated carbocycles. The maximum atomic E-state index is 14.6. The highest BCUT2D eigenvalue weighted by Crippen LogP contribution is 2.40. The van der Waals surface area contributed by atoms with Crippen molar-refractivity contribution in [3.63, 3.8) is 0 Å². The van der Waals surface area contributed by atoms with Crippen LogP contribution in [0.2, 0.25) is 0 Å². The first kappa shape index (κ1) is 20.5. The van der Waals surface area contributed by atoms with Crippen molar-refractivity contribution in [1.82, 2.24) is 29.1 Å². The van der Waals surface area contributed by atoms with E-state index in [1.807, 2.05) is 6.07 Å². The second kappa shape index (κ2) is 8.54. The van der Waals surface area contributed by atoms with Crippen LogP contribution < -0.4 is 0 Å². The monoisotopic (exact) mass is 446 g/mol. The molecule has 154 valence electrons. The summed E-state index contributed by atoms with van der Waals surface area (Å²) in [4.78, 5) is 12.4. The van der Waals surface area contributed by atoms with Crippen molar-refractivity contribution in [3.05, 3.63) is 72.6 Å². The maximum Gasteiger partial charge on any atom is 0.175 e.